The molecule has 1 aromatic heterocycles. The standard InChI is InChI=1S/C21H20F3NO3.C2H6/c1-4-27-19(26)20(2,3)14-9-10-16-13(11-14)12-17(25-16)15-7-5-6-8-18(15)28-21(22,23)24;1-2/h5-12,25H,4H2,1-3H3;1-2H3. The van der Waals surface area contributed by atoms with Crippen molar-refractivity contribution in [3.63, 3.8) is 0 Å². The van der Waals surface area contributed by atoms with E-state index in [1.807, 2.05) is 19.9 Å². The second kappa shape index (κ2) is 9.24. The van der Waals surface area contributed by atoms with Crippen molar-refractivity contribution in [1.82, 2.24) is 4.98 Å². The molecular weight excluding hydrogens is 395 g/mol. The molecule has 3 rings (SSSR count). The summed E-state index contributed by atoms with van der Waals surface area (Å²) in [5.41, 5.74) is 1.42. The lowest BCUT2D eigenvalue weighted by Crippen LogP contribution is -2.31. The van der Waals surface area contributed by atoms with E-state index < -0.39 is 11.8 Å². The predicted molar refractivity (Wildman–Crippen MR) is 111 cm³/mol. The van der Waals surface area contributed by atoms with E-state index in [0.29, 0.717) is 11.3 Å². The third-order valence-corrected chi connectivity index (χ3v) is 4.53. The summed E-state index contributed by atoms with van der Waals surface area (Å²) in [4.78, 5) is 15.4. The highest BCUT2D eigenvalue weighted by atomic mass is 19.4. The lowest BCUT2D eigenvalue weighted by molar-refractivity contribution is -0.274. The van der Waals surface area contributed by atoms with Gasteiger partial charge in [-0.1, -0.05) is 32.0 Å². The molecule has 0 saturated heterocycles. The molecule has 0 fully saturated rings. The van der Waals surface area contributed by atoms with E-state index in [1.165, 1.54) is 12.1 Å². The van der Waals surface area contributed by atoms with Crippen molar-refractivity contribution in [2.24, 2.45) is 0 Å². The van der Waals surface area contributed by atoms with Gasteiger partial charge in [0, 0.05) is 16.5 Å². The first-order valence-electron chi connectivity index (χ1n) is 9.77. The van der Waals surface area contributed by atoms with Crippen molar-refractivity contribution in [2.45, 2.75) is 46.4 Å². The fourth-order valence-electron chi connectivity index (χ4n) is 3.00. The first-order valence-corrected chi connectivity index (χ1v) is 9.77. The van der Waals surface area contributed by atoms with Crippen LogP contribution in [0, 0.1) is 0 Å². The normalized spacial score (nSPS) is 11.6. The number of para-hydroxylation sites is 1. The number of benzene rings is 2. The Balaban J connectivity index is 0.00000155. The molecule has 30 heavy (non-hydrogen) atoms. The first-order chi connectivity index (χ1) is 14.1. The number of aromatic amines is 1. The fraction of sp³-hybridized carbons (Fsp3) is 0.348. The van der Waals surface area contributed by atoms with E-state index in [1.54, 1.807) is 51.1 Å². The Labute approximate surface area is 174 Å². The molecule has 0 saturated carbocycles. The fourth-order valence-corrected chi connectivity index (χ4v) is 3.00. The molecule has 162 valence electrons. The molecule has 1 heterocycles. The molecule has 0 unspecified atom stereocenters. The van der Waals surface area contributed by atoms with E-state index in [4.69, 9.17) is 4.74 Å². The van der Waals surface area contributed by atoms with Gasteiger partial charge < -0.3 is 14.5 Å². The zero-order chi connectivity index (χ0) is 22.5. The number of ether oxygens (including phenoxy) is 2. The van der Waals surface area contributed by atoms with Crippen LogP contribution in [0.4, 0.5) is 13.2 Å². The summed E-state index contributed by atoms with van der Waals surface area (Å²) in [5, 5.41) is 0.770. The summed E-state index contributed by atoms with van der Waals surface area (Å²) >= 11 is 0. The van der Waals surface area contributed by atoms with Crippen LogP contribution in [0.1, 0.15) is 40.2 Å². The summed E-state index contributed by atoms with van der Waals surface area (Å²) in [6, 6.07) is 13.1. The lowest BCUT2D eigenvalue weighted by Gasteiger charge is -2.22. The molecular formula is C23H26F3NO3. The minimum Gasteiger partial charge on any atom is -0.465 e. The lowest BCUT2D eigenvalue weighted by atomic mass is 9.84. The molecule has 7 heteroatoms. The van der Waals surface area contributed by atoms with Gasteiger partial charge in [-0.15, -0.1) is 13.2 Å². The number of esters is 1. The van der Waals surface area contributed by atoms with E-state index in [0.717, 1.165) is 16.5 Å². The molecule has 0 spiro atoms. The number of aromatic nitrogens is 1. The number of carbonyl (C=O) groups excluding carboxylic acids is 1. The maximum atomic E-state index is 12.7. The van der Waals surface area contributed by atoms with Crippen LogP contribution in [-0.2, 0) is 14.9 Å². The topological polar surface area (TPSA) is 51.3 Å². The van der Waals surface area contributed by atoms with Gasteiger partial charge in [0.05, 0.1) is 17.7 Å². The molecule has 0 atom stereocenters. The third kappa shape index (κ3) is 5.14. The van der Waals surface area contributed by atoms with Crippen LogP contribution >= 0.6 is 0 Å². The Morgan fingerprint density at radius 3 is 2.33 bits per heavy atom. The van der Waals surface area contributed by atoms with Crippen LogP contribution in [0.2, 0.25) is 0 Å². The maximum absolute atomic E-state index is 12.7. The van der Waals surface area contributed by atoms with Gasteiger partial charge in [0.15, 0.2) is 0 Å². The number of H-pyrrole nitrogens is 1. The summed E-state index contributed by atoms with van der Waals surface area (Å²) in [5.74, 6) is -0.623. The van der Waals surface area contributed by atoms with Crippen LogP contribution in [0.15, 0.2) is 48.5 Å². The molecule has 0 aliphatic carbocycles. The number of nitrogens with one attached hydrogen (secondary N) is 1. The zero-order valence-electron chi connectivity index (χ0n) is 17.7. The number of carbonyl (C=O) groups is 1. The Bertz CT molecular complexity index is 1010. The Kier molecular flexibility index (Phi) is 7.18. The average Bonchev–Trinajstić information content (AvgIpc) is 3.12. The minimum atomic E-state index is -4.78. The molecule has 0 aliphatic heterocycles. The van der Waals surface area contributed by atoms with Crippen molar-refractivity contribution in [3.05, 3.63) is 54.1 Å². The highest BCUT2D eigenvalue weighted by Crippen LogP contribution is 2.36. The molecule has 0 amide bonds. The van der Waals surface area contributed by atoms with Crippen LogP contribution in [-0.4, -0.2) is 23.9 Å². The van der Waals surface area contributed by atoms with E-state index >= 15 is 0 Å². The van der Waals surface area contributed by atoms with Gasteiger partial charge in [0.1, 0.15) is 5.75 Å². The monoisotopic (exact) mass is 421 g/mol. The van der Waals surface area contributed by atoms with Gasteiger partial charge >= 0.3 is 12.3 Å². The maximum Gasteiger partial charge on any atom is 0.573 e. The summed E-state index contributed by atoms with van der Waals surface area (Å²) in [6.07, 6.45) is -4.78. The molecule has 0 aliphatic rings. The number of hydrogen-bond donors (Lipinski definition) is 1. The summed E-state index contributed by atoms with van der Waals surface area (Å²) in [7, 11) is 0. The van der Waals surface area contributed by atoms with E-state index in [9.17, 15) is 18.0 Å². The average molecular weight is 421 g/mol. The molecule has 0 bridgehead atoms. The molecule has 4 nitrogen and oxygen atoms in total. The van der Waals surface area contributed by atoms with Gasteiger partial charge in [-0.2, -0.15) is 0 Å². The zero-order valence-corrected chi connectivity index (χ0v) is 17.7. The van der Waals surface area contributed by atoms with Crippen LogP contribution < -0.4 is 4.74 Å². The predicted octanol–water partition coefficient (Wildman–Crippen LogP) is 6.60. The molecule has 1 N–H and O–H groups in total. The van der Waals surface area contributed by atoms with Gasteiger partial charge in [-0.3, -0.25) is 4.79 Å². The quantitative estimate of drug-likeness (QED) is 0.472. The van der Waals surface area contributed by atoms with E-state index in [2.05, 4.69) is 9.72 Å². The van der Waals surface area contributed by atoms with Crippen molar-refractivity contribution in [2.75, 3.05) is 6.61 Å². The van der Waals surface area contributed by atoms with Gasteiger partial charge in [-0.05, 0) is 56.7 Å². The minimum absolute atomic E-state index is 0.284. The highest BCUT2D eigenvalue weighted by Gasteiger charge is 2.33. The number of alkyl halides is 3. The van der Waals surface area contributed by atoms with Gasteiger partial charge in [0.2, 0.25) is 0 Å². The number of fused-ring (bicyclic) bond motifs is 1. The first kappa shape index (κ1) is 23.3. The number of rotatable bonds is 5. The van der Waals surface area contributed by atoms with Crippen molar-refractivity contribution in [1.29, 1.82) is 0 Å². The second-order valence-corrected chi connectivity index (χ2v) is 6.87. The Morgan fingerprint density at radius 2 is 1.70 bits per heavy atom. The van der Waals surface area contributed by atoms with Crippen molar-refractivity contribution < 1.29 is 27.4 Å². The van der Waals surface area contributed by atoms with Gasteiger partial charge in [0.25, 0.3) is 0 Å². The third-order valence-electron chi connectivity index (χ3n) is 4.53. The molecule has 2 aromatic carbocycles. The van der Waals surface area contributed by atoms with Crippen molar-refractivity contribution >= 4 is 16.9 Å². The van der Waals surface area contributed by atoms with Gasteiger partial charge in [-0.25, -0.2) is 0 Å². The second-order valence-electron chi connectivity index (χ2n) is 6.87. The van der Waals surface area contributed by atoms with Crippen LogP contribution in [0.3, 0.4) is 0 Å². The number of halogens is 3. The summed E-state index contributed by atoms with van der Waals surface area (Å²) < 4.78 is 47.3. The van der Waals surface area contributed by atoms with Crippen LogP contribution in [0.5, 0.6) is 5.75 Å². The highest BCUT2D eigenvalue weighted by molar-refractivity contribution is 5.90. The number of hydrogen-bond acceptors (Lipinski definition) is 3. The molecule has 3 aromatic rings. The van der Waals surface area contributed by atoms with Crippen LogP contribution in [0.25, 0.3) is 22.2 Å². The van der Waals surface area contributed by atoms with Crippen molar-refractivity contribution in [3.8, 4) is 17.0 Å². The SMILES string of the molecule is CC.CCOC(=O)C(C)(C)c1ccc2[nH]c(-c3ccccc3OC(F)(F)F)cc2c1. The Hall–Kier alpha value is -2.96. The Morgan fingerprint density at radius 1 is 1.03 bits per heavy atom. The summed E-state index contributed by atoms with van der Waals surface area (Å²) in [6.45, 7) is 9.57. The largest absolute Gasteiger partial charge is 0.573 e. The van der Waals surface area contributed by atoms with E-state index in [-0.39, 0.29) is 18.3 Å². The smallest absolute Gasteiger partial charge is 0.465 e. The molecule has 0 radical (unpaired) electrons.